The van der Waals surface area contributed by atoms with Crippen LogP contribution in [0.25, 0.3) is 0 Å². The van der Waals surface area contributed by atoms with Crippen LogP contribution in [0.1, 0.15) is 29.8 Å². The molecule has 0 aliphatic heterocycles. The summed E-state index contributed by atoms with van der Waals surface area (Å²) in [6.07, 6.45) is 0.870. The Bertz CT molecular complexity index is 743. The standard InChI is InChI=1S/C23H30ClNO5/c1-18(11-13-27-14-12-25)28-15-16-29-21-10-6-5-9-20(21)17-30-23(26)22(24)19-7-3-2-4-8-19/h2-10,18,22H,11-17,25H2,1H3. The Morgan fingerprint density at radius 2 is 1.73 bits per heavy atom. The highest BCUT2D eigenvalue weighted by Crippen LogP contribution is 2.24. The van der Waals surface area contributed by atoms with E-state index in [0.29, 0.717) is 44.3 Å². The van der Waals surface area contributed by atoms with E-state index in [1.807, 2.05) is 49.4 Å². The number of hydrogen-bond donors (Lipinski definition) is 1. The minimum absolute atomic E-state index is 0.0706. The summed E-state index contributed by atoms with van der Waals surface area (Å²) in [5, 5.41) is -0.844. The fourth-order valence-electron chi connectivity index (χ4n) is 2.66. The summed E-state index contributed by atoms with van der Waals surface area (Å²) in [4.78, 5) is 12.3. The maximum Gasteiger partial charge on any atom is 0.328 e. The number of nitrogens with two attached hydrogens (primary N) is 1. The van der Waals surface area contributed by atoms with Crippen molar-refractivity contribution in [2.45, 2.75) is 31.4 Å². The Hall–Kier alpha value is -2.12. The molecule has 0 aromatic heterocycles. The molecule has 0 saturated heterocycles. The van der Waals surface area contributed by atoms with E-state index in [4.69, 9.17) is 36.3 Å². The van der Waals surface area contributed by atoms with Crippen LogP contribution in [0, 0.1) is 0 Å². The van der Waals surface area contributed by atoms with Crippen molar-refractivity contribution in [3.63, 3.8) is 0 Å². The molecule has 7 heteroatoms. The zero-order chi connectivity index (χ0) is 21.6. The van der Waals surface area contributed by atoms with Crippen LogP contribution in [0.3, 0.4) is 0 Å². The second-order valence-electron chi connectivity index (χ2n) is 6.71. The first-order valence-electron chi connectivity index (χ1n) is 10.1. The molecule has 2 rings (SSSR count). The number of carbonyl (C=O) groups is 1. The molecule has 2 atom stereocenters. The van der Waals surface area contributed by atoms with Crippen molar-refractivity contribution in [1.82, 2.24) is 0 Å². The predicted molar refractivity (Wildman–Crippen MR) is 117 cm³/mol. The number of para-hydroxylation sites is 1. The van der Waals surface area contributed by atoms with E-state index in [1.54, 1.807) is 12.1 Å². The van der Waals surface area contributed by atoms with Gasteiger partial charge in [-0.05, 0) is 25.0 Å². The number of ether oxygens (including phenoxy) is 4. The number of carbonyl (C=O) groups excluding carboxylic acids is 1. The van der Waals surface area contributed by atoms with Gasteiger partial charge in [-0.25, -0.2) is 0 Å². The predicted octanol–water partition coefficient (Wildman–Crippen LogP) is 3.86. The van der Waals surface area contributed by atoms with Crippen molar-refractivity contribution in [1.29, 1.82) is 0 Å². The molecule has 6 nitrogen and oxygen atoms in total. The number of hydrogen-bond acceptors (Lipinski definition) is 6. The van der Waals surface area contributed by atoms with Crippen LogP contribution in [0.15, 0.2) is 54.6 Å². The van der Waals surface area contributed by atoms with Crippen molar-refractivity contribution >= 4 is 17.6 Å². The van der Waals surface area contributed by atoms with Crippen molar-refractivity contribution in [3.8, 4) is 5.75 Å². The number of halogens is 1. The molecule has 30 heavy (non-hydrogen) atoms. The number of alkyl halides is 1. The van der Waals surface area contributed by atoms with Gasteiger partial charge in [0.2, 0.25) is 0 Å². The molecule has 0 saturated carbocycles. The maximum atomic E-state index is 12.3. The second-order valence-corrected chi connectivity index (χ2v) is 7.14. The third-order valence-electron chi connectivity index (χ3n) is 4.32. The van der Waals surface area contributed by atoms with Gasteiger partial charge in [-0.2, -0.15) is 0 Å². The first-order chi connectivity index (χ1) is 14.6. The molecule has 0 fully saturated rings. The van der Waals surface area contributed by atoms with Gasteiger partial charge in [0, 0.05) is 18.7 Å². The summed E-state index contributed by atoms with van der Waals surface area (Å²) in [7, 11) is 0. The molecule has 0 aliphatic carbocycles. The lowest BCUT2D eigenvalue weighted by Crippen LogP contribution is -2.18. The van der Waals surface area contributed by atoms with E-state index in [9.17, 15) is 4.79 Å². The van der Waals surface area contributed by atoms with Gasteiger partial charge < -0.3 is 24.7 Å². The van der Waals surface area contributed by atoms with Crippen LogP contribution in [0.2, 0.25) is 0 Å². The molecule has 164 valence electrons. The SMILES string of the molecule is CC(CCOCCN)OCCOc1ccccc1COC(=O)C(Cl)c1ccccc1. The highest BCUT2D eigenvalue weighted by atomic mass is 35.5. The smallest absolute Gasteiger partial charge is 0.328 e. The van der Waals surface area contributed by atoms with Crippen LogP contribution in [0.5, 0.6) is 5.75 Å². The van der Waals surface area contributed by atoms with Gasteiger partial charge in [-0.1, -0.05) is 48.5 Å². The average Bonchev–Trinajstić information content (AvgIpc) is 2.78. The first kappa shape index (κ1) is 24.2. The lowest BCUT2D eigenvalue weighted by molar-refractivity contribution is -0.144. The quantitative estimate of drug-likeness (QED) is 0.276. The highest BCUT2D eigenvalue weighted by molar-refractivity contribution is 6.29. The molecule has 0 heterocycles. The van der Waals surface area contributed by atoms with E-state index >= 15 is 0 Å². The molecule has 2 aromatic carbocycles. The highest BCUT2D eigenvalue weighted by Gasteiger charge is 2.19. The number of esters is 1. The van der Waals surface area contributed by atoms with Crippen molar-refractivity contribution in [3.05, 3.63) is 65.7 Å². The Labute approximate surface area is 183 Å². The van der Waals surface area contributed by atoms with E-state index in [-0.39, 0.29) is 12.7 Å². The van der Waals surface area contributed by atoms with Gasteiger partial charge in [0.05, 0.1) is 19.3 Å². The molecule has 0 bridgehead atoms. The van der Waals surface area contributed by atoms with Crippen LogP contribution >= 0.6 is 11.6 Å². The normalized spacial score (nSPS) is 12.9. The molecule has 2 N–H and O–H groups in total. The monoisotopic (exact) mass is 435 g/mol. The fraction of sp³-hybridized carbons (Fsp3) is 0.435. The van der Waals surface area contributed by atoms with Crippen molar-refractivity contribution in [2.24, 2.45) is 5.73 Å². The second kappa shape index (κ2) is 14.0. The van der Waals surface area contributed by atoms with Crippen LogP contribution in [-0.2, 0) is 25.6 Å². The van der Waals surface area contributed by atoms with Crippen molar-refractivity contribution in [2.75, 3.05) is 33.0 Å². The summed E-state index contributed by atoms with van der Waals surface area (Å²) in [5.74, 6) is 0.158. The minimum atomic E-state index is -0.844. The van der Waals surface area contributed by atoms with Gasteiger partial charge >= 0.3 is 5.97 Å². The molecular formula is C23H30ClNO5. The van der Waals surface area contributed by atoms with E-state index in [2.05, 4.69) is 0 Å². The summed E-state index contributed by atoms with van der Waals surface area (Å²) in [6.45, 7) is 4.63. The largest absolute Gasteiger partial charge is 0.491 e. The molecule has 0 amide bonds. The Kier molecular flexibility index (Phi) is 11.3. The van der Waals surface area contributed by atoms with E-state index in [0.717, 1.165) is 12.0 Å². The summed E-state index contributed by atoms with van der Waals surface area (Å²) in [6, 6.07) is 16.5. The Morgan fingerprint density at radius 3 is 2.50 bits per heavy atom. The van der Waals surface area contributed by atoms with Gasteiger partial charge in [-0.15, -0.1) is 11.6 Å². The molecular weight excluding hydrogens is 406 g/mol. The van der Waals surface area contributed by atoms with Crippen molar-refractivity contribution < 1.29 is 23.7 Å². The Morgan fingerprint density at radius 1 is 1.00 bits per heavy atom. The number of rotatable bonds is 14. The summed E-state index contributed by atoms with van der Waals surface area (Å²) >= 11 is 6.21. The number of benzene rings is 2. The van der Waals surface area contributed by atoms with Crippen LogP contribution < -0.4 is 10.5 Å². The third kappa shape index (κ3) is 8.71. The van der Waals surface area contributed by atoms with Crippen LogP contribution in [-0.4, -0.2) is 45.0 Å². The topological polar surface area (TPSA) is 80.0 Å². The molecule has 2 unspecified atom stereocenters. The zero-order valence-electron chi connectivity index (χ0n) is 17.3. The molecule has 0 radical (unpaired) electrons. The van der Waals surface area contributed by atoms with Gasteiger partial charge in [0.25, 0.3) is 0 Å². The van der Waals surface area contributed by atoms with Gasteiger partial charge in [0.1, 0.15) is 19.0 Å². The average molecular weight is 436 g/mol. The fourth-order valence-corrected chi connectivity index (χ4v) is 2.87. The summed E-state index contributed by atoms with van der Waals surface area (Å²) in [5.41, 5.74) is 6.86. The molecule has 2 aromatic rings. The third-order valence-corrected chi connectivity index (χ3v) is 4.75. The maximum absolute atomic E-state index is 12.3. The Balaban J connectivity index is 1.74. The summed E-state index contributed by atoms with van der Waals surface area (Å²) < 4.78 is 22.3. The van der Waals surface area contributed by atoms with Gasteiger partial charge in [0.15, 0.2) is 5.38 Å². The lowest BCUT2D eigenvalue weighted by atomic mass is 10.1. The van der Waals surface area contributed by atoms with Gasteiger partial charge in [-0.3, -0.25) is 4.79 Å². The van der Waals surface area contributed by atoms with E-state index in [1.165, 1.54) is 0 Å². The minimum Gasteiger partial charge on any atom is -0.491 e. The lowest BCUT2D eigenvalue weighted by Gasteiger charge is -2.15. The first-order valence-corrected chi connectivity index (χ1v) is 10.5. The van der Waals surface area contributed by atoms with Crippen LogP contribution in [0.4, 0.5) is 0 Å². The molecule has 0 spiro atoms. The zero-order valence-corrected chi connectivity index (χ0v) is 18.1. The molecule has 0 aliphatic rings. The van der Waals surface area contributed by atoms with E-state index < -0.39 is 11.3 Å².